The molecule has 0 saturated heterocycles. The van der Waals surface area contributed by atoms with Crippen molar-refractivity contribution in [2.75, 3.05) is 14.1 Å². The van der Waals surface area contributed by atoms with Gasteiger partial charge in [-0.3, -0.25) is 24.1 Å². The molecular formula is C28H38N2O9. The van der Waals surface area contributed by atoms with Gasteiger partial charge in [-0.2, -0.15) is 0 Å². The number of phenolic OH excluding ortho intramolecular Hbond substituents is 1. The fourth-order valence-electron chi connectivity index (χ4n) is 4.63. The van der Waals surface area contributed by atoms with E-state index in [-0.39, 0.29) is 30.6 Å². The van der Waals surface area contributed by atoms with Crippen LogP contribution in [-0.4, -0.2) is 81.1 Å². The average molecular weight is 547 g/mol. The fourth-order valence-corrected chi connectivity index (χ4v) is 4.63. The Hall–Kier alpha value is -3.70. The number of esters is 1. The van der Waals surface area contributed by atoms with Gasteiger partial charge in [-0.1, -0.05) is 38.8 Å². The first-order valence-corrected chi connectivity index (χ1v) is 12.9. The Balaban J connectivity index is 2.73. The van der Waals surface area contributed by atoms with E-state index in [4.69, 9.17) is 10.5 Å². The molecule has 0 aliphatic heterocycles. The zero-order chi connectivity index (χ0) is 29.4. The highest BCUT2D eigenvalue weighted by molar-refractivity contribution is 6.27. The van der Waals surface area contributed by atoms with Crippen molar-refractivity contribution >= 4 is 29.2 Å². The van der Waals surface area contributed by atoms with Crippen LogP contribution >= 0.6 is 0 Å². The van der Waals surface area contributed by atoms with Gasteiger partial charge < -0.3 is 30.9 Å². The fraction of sp³-hybridized carbons (Fsp3) is 0.500. The second-order valence-electron chi connectivity index (χ2n) is 9.99. The maximum atomic E-state index is 13.0. The Bertz CT molecular complexity index is 1160. The number of ether oxygens (including phenoxy) is 1. The molecule has 4 atom stereocenters. The van der Waals surface area contributed by atoms with E-state index in [1.54, 1.807) is 33.2 Å². The Morgan fingerprint density at radius 1 is 1.10 bits per heavy atom. The van der Waals surface area contributed by atoms with E-state index in [2.05, 4.69) is 0 Å². The van der Waals surface area contributed by atoms with Crippen molar-refractivity contribution in [3.05, 3.63) is 46.7 Å². The number of phenols is 1. The predicted molar refractivity (Wildman–Crippen MR) is 143 cm³/mol. The molecule has 0 saturated carbocycles. The third-order valence-corrected chi connectivity index (χ3v) is 6.73. The van der Waals surface area contributed by atoms with Crippen molar-refractivity contribution < 1.29 is 44.3 Å². The molecule has 0 heterocycles. The highest BCUT2D eigenvalue weighted by Gasteiger charge is 2.36. The number of likely N-dealkylation sites (N-methyl/N-ethyl adjacent to an activating group) is 1. The first-order valence-electron chi connectivity index (χ1n) is 12.9. The van der Waals surface area contributed by atoms with Crippen LogP contribution in [0.1, 0.15) is 69.4 Å². The van der Waals surface area contributed by atoms with Crippen molar-refractivity contribution in [2.24, 2.45) is 5.73 Å². The quantitative estimate of drug-likeness (QED) is 0.147. The number of nitrogens with two attached hydrogens (primary N) is 1. The molecule has 1 amide bonds. The van der Waals surface area contributed by atoms with Gasteiger partial charge in [0.25, 0.3) is 5.91 Å². The molecule has 0 bridgehead atoms. The highest BCUT2D eigenvalue weighted by atomic mass is 16.5. The van der Waals surface area contributed by atoms with Crippen molar-refractivity contribution in [3.8, 4) is 5.75 Å². The summed E-state index contributed by atoms with van der Waals surface area (Å²) in [5, 5.41) is 42.7. The molecule has 1 aromatic carbocycles. The van der Waals surface area contributed by atoms with Gasteiger partial charge in [0.15, 0.2) is 11.9 Å². The van der Waals surface area contributed by atoms with Crippen molar-refractivity contribution in [3.63, 3.8) is 0 Å². The summed E-state index contributed by atoms with van der Waals surface area (Å²) in [6.07, 6.45) is -0.123. The number of aliphatic hydroxyl groups is 3. The van der Waals surface area contributed by atoms with Crippen LogP contribution in [0.15, 0.2) is 35.6 Å². The number of amides is 1. The number of carbonyl (C=O) groups excluding carboxylic acids is 4. The number of nitrogens with zero attached hydrogens (tertiary/aromatic N) is 1. The lowest BCUT2D eigenvalue weighted by molar-refractivity contribution is -0.151. The van der Waals surface area contributed by atoms with Crippen LogP contribution in [0.2, 0.25) is 0 Å². The van der Waals surface area contributed by atoms with Gasteiger partial charge in [-0.25, -0.2) is 0 Å². The van der Waals surface area contributed by atoms with E-state index >= 15 is 0 Å². The van der Waals surface area contributed by atoms with Crippen LogP contribution in [0, 0.1) is 0 Å². The molecule has 39 heavy (non-hydrogen) atoms. The lowest BCUT2D eigenvalue weighted by Crippen LogP contribution is -2.41. The van der Waals surface area contributed by atoms with Crippen LogP contribution in [-0.2, 0) is 23.9 Å². The van der Waals surface area contributed by atoms with E-state index in [1.807, 2.05) is 6.92 Å². The highest BCUT2D eigenvalue weighted by Crippen LogP contribution is 2.36. The molecule has 0 radical (unpaired) electrons. The lowest BCUT2D eigenvalue weighted by atomic mass is 9.86. The number of fused-ring (bicyclic) bond motifs is 1. The number of ketones is 2. The molecule has 214 valence electrons. The van der Waals surface area contributed by atoms with E-state index in [1.165, 1.54) is 11.0 Å². The molecule has 1 aliphatic rings. The van der Waals surface area contributed by atoms with Crippen molar-refractivity contribution in [1.82, 2.24) is 4.90 Å². The Morgan fingerprint density at radius 3 is 2.36 bits per heavy atom. The monoisotopic (exact) mass is 546 g/mol. The molecule has 0 unspecified atom stereocenters. The van der Waals surface area contributed by atoms with Crippen LogP contribution < -0.4 is 5.73 Å². The smallest absolute Gasteiger partial charge is 0.306 e. The third-order valence-electron chi connectivity index (χ3n) is 6.73. The summed E-state index contributed by atoms with van der Waals surface area (Å²) in [6.45, 7) is 3.77. The van der Waals surface area contributed by atoms with Crippen molar-refractivity contribution in [2.45, 2.75) is 76.5 Å². The number of aliphatic hydroxyl groups excluding tert-OH is 3. The number of unbranched alkanes of at least 4 members (excludes halogenated alkanes) is 2. The minimum atomic E-state index is -2.47. The SMILES string of the molecule is CCCCCC(=O)O[C@H]1C[C@@H](C)c2cccc(O)c2C(O)=CC(=O)[C@H](O)C(=O)/C(C(N)=O)=C(/O)[C@@H](N(C)C)C1. The topological polar surface area (TPSA) is 188 Å². The molecular weight excluding hydrogens is 508 g/mol. The Kier molecular flexibility index (Phi) is 11.2. The predicted octanol–water partition coefficient (Wildman–Crippen LogP) is 2.41. The number of hydrogen-bond acceptors (Lipinski definition) is 10. The normalized spacial score (nSPS) is 25.0. The van der Waals surface area contributed by atoms with Gasteiger partial charge >= 0.3 is 5.97 Å². The van der Waals surface area contributed by atoms with Crippen LogP contribution in [0.4, 0.5) is 0 Å². The summed E-state index contributed by atoms with van der Waals surface area (Å²) in [6, 6.07) is 3.40. The molecule has 1 aliphatic carbocycles. The van der Waals surface area contributed by atoms with Gasteiger partial charge in [0.1, 0.15) is 28.9 Å². The second-order valence-corrected chi connectivity index (χ2v) is 9.99. The molecule has 1 aromatic rings. The lowest BCUT2D eigenvalue weighted by Gasteiger charge is -2.31. The molecule has 11 heteroatoms. The second kappa shape index (κ2) is 13.9. The summed E-state index contributed by atoms with van der Waals surface area (Å²) in [4.78, 5) is 52.0. The number of carbonyl (C=O) groups is 4. The Morgan fingerprint density at radius 2 is 1.77 bits per heavy atom. The van der Waals surface area contributed by atoms with Gasteiger partial charge in [-0.15, -0.1) is 0 Å². The maximum absolute atomic E-state index is 13.0. The van der Waals surface area contributed by atoms with Gasteiger partial charge in [0, 0.05) is 18.9 Å². The first kappa shape index (κ1) is 31.5. The zero-order valence-electron chi connectivity index (χ0n) is 22.7. The summed E-state index contributed by atoms with van der Waals surface area (Å²) in [5.74, 6) is -6.91. The first-order chi connectivity index (χ1) is 18.3. The summed E-state index contributed by atoms with van der Waals surface area (Å²) in [5.41, 5.74) is 4.71. The number of aromatic hydroxyl groups is 1. The van der Waals surface area contributed by atoms with Crippen LogP contribution in [0.5, 0.6) is 5.75 Å². The zero-order valence-corrected chi connectivity index (χ0v) is 22.7. The number of rotatable bonds is 7. The summed E-state index contributed by atoms with van der Waals surface area (Å²) < 4.78 is 5.79. The maximum Gasteiger partial charge on any atom is 0.306 e. The van der Waals surface area contributed by atoms with E-state index in [0.717, 1.165) is 12.8 Å². The number of hydrogen-bond donors (Lipinski definition) is 5. The molecule has 2 rings (SSSR count). The number of benzene rings is 1. The summed E-state index contributed by atoms with van der Waals surface area (Å²) in [7, 11) is 3.12. The minimum absolute atomic E-state index is 0.0766. The van der Waals surface area contributed by atoms with E-state index < -0.39 is 64.7 Å². The number of primary amides is 1. The molecule has 6 N–H and O–H groups in total. The van der Waals surface area contributed by atoms with Crippen LogP contribution in [0.3, 0.4) is 0 Å². The minimum Gasteiger partial charge on any atom is -0.510 e. The third kappa shape index (κ3) is 7.90. The standard InChI is InChI=1S/C28H38N2O9/c1-5-6-7-11-22(34)39-16-12-15(2)17-9-8-10-19(31)23(17)20(32)14-21(33)26(36)27(37)24(28(29)38)25(35)18(13-16)30(3)4/h8-10,14-16,18,26,31-32,35-36H,5-7,11-13H2,1-4H3,(H2,29,38)/b20-14?,25-24-/t15-,16+,18+,26+/m1/s1. The molecule has 0 aromatic heterocycles. The average Bonchev–Trinajstić information content (AvgIpc) is 2.85. The van der Waals surface area contributed by atoms with Gasteiger partial charge in [0.2, 0.25) is 5.78 Å². The largest absolute Gasteiger partial charge is 0.510 e. The van der Waals surface area contributed by atoms with E-state index in [0.29, 0.717) is 18.1 Å². The van der Waals surface area contributed by atoms with Crippen LogP contribution in [0.25, 0.3) is 5.76 Å². The molecule has 11 nitrogen and oxygen atoms in total. The Labute approximate surface area is 227 Å². The van der Waals surface area contributed by atoms with Gasteiger partial charge in [-0.05, 0) is 44.5 Å². The van der Waals surface area contributed by atoms with E-state index in [9.17, 15) is 39.6 Å². The van der Waals surface area contributed by atoms with Crippen molar-refractivity contribution in [1.29, 1.82) is 0 Å². The number of Topliss-reactive ketones (excluding diaryl/α,β-unsaturated/α-hetero) is 1. The molecule has 0 fully saturated rings. The summed E-state index contributed by atoms with van der Waals surface area (Å²) >= 11 is 0. The molecule has 0 spiro atoms. The van der Waals surface area contributed by atoms with Gasteiger partial charge in [0.05, 0.1) is 11.6 Å².